The largest absolute Gasteiger partial charge is 0.310 e. The maximum Gasteiger partial charge on any atom is 0.239 e. The van der Waals surface area contributed by atoms with Crippen molar-refractivity contribution in [2.24, 2.45) is 0 Å². The van der Waals surface area contributed by atoms with Gasteiger partial charge in [0, 0.05) is 29.3 Å². The first-order chi connectivity index (χ1) is 17.2. The van der Waals surface area contributed by atoms with Gasteiger partial charge in [-0.25, -0.2) is 13.4 Å². The second-order valence-corrected chi connectivity index (χ2v) is 11.4. The molecule has 1 spiro atoms. The number of sulfonamides is 1. The third-order valence-corrected chi connectivity index (χ3v) is 8.23. The SMILES string of the molecule is CS(=O)(=O)N1CC2(CCN(CC(=O)Nc3ccc(C(=O)c4ccccc4)cn3)CC2)c2ccccc21. The van der Waals surface area contributed by atoms with E-state index in [0.29, 0.717) is 36.6 Å². The molecule has 1 amide bonds. The van der Waals surface area contributed by atoms with Crippen LogP contribution in [0.5, 0.6) is 0 Å². The van der Waals surface area contributed by atoms with Crippen LogP contribution in [0.2, 0.25) is 0 Å². The molecule has 9 heteroatoms. The molecule has 1 saturated heterocycles. The zero-order valence-electron chi connectivity index (χ0n) is 20.1. The monoisotopic (exact) mass is 504 g/mol. The summed E-state index contributed by atoms with van der Waals surface area (Å²) >= 11 is 0. The molecule has 2 aliphatic heterocycles. The summed E-state index contributed by atoms with van der Waals surface area (Å²) in [4.78, 5) is 31.5. The van der Waals surface area contributed by atoms with Gasteiger partial charge in [-0.3, -0.25) is 18.8 Å². The second-order valence-electron chi connectivity index (χ2n) is 9.52. The Balaban J connectivity index is 1.18. The van der Waals surface area contributed by atoms with E-state index in [1.807, 2.05) is 42.5 Å². The number of ketones is 1. The van der Waals surface area contributed by atoms with Gasteiger partial charge in [0.25, 0.3) is 0 Å². The van der Waals surface area contributed by atoms with E-state index in [-0.39, 0.29) is 23.7 Å². The van der Waals surface area contributed by atoms with Crippen LogP contribution in [0.4, 0.5) is 11.5 Å². The average Bonchev–Trinajstić information content (AvgIpc) is 3.21. The number of carbonyl (C=O) groups excluding carboxylic acids is 2. The predicted octanol–water partition coefficient (Wildman–Crippen LogP) is 3.06. The quantitative estimate of drug-likeness (QED) is 0.518. The van der Waals surface area contributed by atoms with Crippen LogP contribution in [0.15, 0.2) is 72.9 Å². The van der Waals surface area contributed by atoms with Crippen LogP contribution in [0.3, 0.4) is 0 Å². The van der Waals surface area contributed by atoms with Gasteiger partial charge in [0.2, 0.25) is 15.9 Å². The minimum atomic E-state index is -3.36. The number of pyridine rings is 1. The molecular formula is C27H28N4O4S. The van der Waals surface area contributed by atoms with Crippen molar-refractivity contribution in [1.82, 2.24) is 9.88 Å². The Bertz CT molecular complexity index is 1380. The number of carbonyl (C=O) groups is 2. The summed E-state index contributed by atoms with van der Waals surface area (Å²) < 4.78 is 26.3. The molecule has 186 valence electrons. The second kappa shape index (κ2) is 9.48. The number of fused-ring (bicyclic) bond motifs is 2. The van der Waals surface area contributed by atoms with E-state index in [0.717, 1.165) is 24.1 Å². The van der Waals surface area contributed by atoms with Crippen LogP contribution in [0.1, 0.15) is 34.3 Å². The Hall–Kier alpha value is -3.56. The fourth-order valence-corrected chi connectivity index (χ4v) is 6.19. The number of likely N-dealkylation sites (tertiary alicyclic amines) is 1. The third kappa shape index (κ3) is 4.76. The van der Waals surface area contributed by atoms with Crippen molar-refractivity contribution in [1.29, 1.82) is 0 Å². The lowest BCUT2D eigenvalue weighted by molar-refractivity contribution is -0.117. The number of aromatic nitrogens is 1. The lowest BCUT2D eigenvalue weighted by Crippen LogP contribution is -2.47. The Morgan fingerprint density at radius 1 is 0.944 bits per heavy atom. The minimum absolute atomic E-state index is 0.119. The van der Waals surface area contributed by atoms with Gasteiger partial charge in [0.05, 0.1) is 18.5 Å². The molecule has 0 saturated carbocycles. The van der Waals surface area contributed by atoms with E-state index >= 15 is 0 Å². The van der Waals surface area contributed by atoms with E-state index in [4.69, 9.17) is 0 Å². The number of benzene rings is 2. The number of nitrogens with one attached hydrogen (secondary N) is 1. The van der Waals surface area contributed by atoms with E-state index in [2.05, 4.69) is 15.2 Å². The summed E-state index contributed by atoms with van der Waals surface area (Å²) in [7, 11) is -3.36. The maximum atomic E-state index is 12.7. The number of amides is 1. The van der Waals surface area contributed by atoms with Gasteiger partial charge in [-0.2, -0.15) is 0 Å². The molecule has 0 atom stereocenters. The van der Waals surface area contributed by atoms with Gasteiger partial charge in [-0.15, -0.1) is 0 Å². The number of piperidine rings is 1. The van der Waals surface area contributed by atoms with Crippen molar-refractivity contribution in [3.05, 3.63) is 89.6 Å². The number of anilines is 2. The Morgan fingerprint density at radius 3 is 2.31 bits per heavy atom. The Morgan fingerprint density at radius 2 is 1.64 bits per heavy atom. The molecule has 0 unspecified atom stereocenters. The molecule has 1 N–H and O–H groups in total. The molecule has 5 rings (SSSR count). The molecule has 2 aromatic carbocycles. The van der Waals surface area contributed by atoms with E-state index in [9.17, 15) is 18.0 Å². The summed E-state index contributed by atoms with van der Waals surface area (Å²) in [6.07, 6.45) is 4.27. The summed E-state index contributed by atoms with van der Waals surface area (Å²) in [6, 6.07) is 20.0. The zero-order chi connectivity index (χ0) is 25.3. The van der Waals surface area contributed by atoms with E-state index in [1.165, 1.54) is 16.8 Å². The molecule has 8 nitrogen and oxygen atoms in total. The van der Waals surface area contributed by atoms with Crippen molar-refractivity contribution in [2.75, 3.05) is 42.1 Å². The molecule has 2 aliphatic rings. The molecular weight excluding hydrogens is 476 g/mol. The minimum Gasteiger partial charge on any atom is -0.310 e. The summed E-state index contributed by atoms with van der Waals surface area (Å²) in [5, 5.41) is 2.81. The summed E-state index contributed by atoms with van der Waals surface area (Å²) in [6.45, 7) is 2.05. The number of para-hydroxylation sites is 1. The highest BCUT2D eigenvalue weighted by Gasteiger charge is 2.46. The van der Waals surface area contributed by atoms with Crippen LogP contribution < -0.4 is 9.62 Å². The van der Waals surface area contributed by atoms with Crippen molar-refractivity contribution < 1.29 is 18.0 Å². The van der Waals surface area contributed by atoms with Gasteiger partial charge in [0.15, 0.2) is 5.78 Å². The smallest absolute Gasteiger partial charge is 0.239 e. The van der Waals surface area contributed by atoms with E-state index in [1.54, 1.807) is 24.3 Å². The van der Waals surface area contributed by atoms with Gasteiger partial charge >= 0.3 is 0 Å². The number of rotatable bonds is 6. The zero-order valence-corrected chi connectivity index (χ0v) is 20.9. The lowest BCUT2D eigenvalue weighted by Gasteiger charge is -2.39. The molecule has 3 heterocycles. The molecule has 1 fully saturated rings. The molecule has 0 aliphatic carbocycles. The number of nitrogens with zero attached hydrogens (tertiary/aromatic N) is 3. The Kier molecular flexibility index (Phi) is 6.36. The fourth-order valence-electron chi connectivity index (χ4n) is 5.19. The van der Waals surface area contributed by atoms with Gasteiger partial charge < -0.3 is 5.32 Å². The molecule has 0 bridgehead atoms. The first-order valence-corrected chi connectivity index (χ1v) is 13.8. The summed E-state index contributed by atoms with van der Waals surface area (Å²) in [5.74, 6) is 0.0999. The van der Waals surface area contributed by atoms with Gasteiger partial charge in [-0.05, 0) is 49.7 Å². The van der Waals surface area contributed by atoms with Crippen LogP contribution in [0, 0.1) is 0 Å². The topological polar surface area (TPSA) is 99.7 Å². The lowest BCUT2D eigenvalue weighted by atomic mass is 9.74. The molecule has 1 aromatic heterocycles. The van der Waals surface area contributed by atoms with Gasteiger partial charge in [0.1, 0.15) is 5.82 Å². The van der Waals surface area contributed by atoms with Crippen molar-refractivity contribution in [3.63, 3.8) is 0 Å². The van der Waals surface area contributed by atoms with Crippen LogP contribution >= 0.6 is 0 Å². The highest BCUT2D eigenvalue weighted by molar-refractivity contribution is 7.92. The highest BCUT2D eigenvalue weighted by Crippen LogP contribution is 2.47. The molecule has 0 radical (unpaired) electrons. The maximum absolute atomic E-state index is 12.7. The Labute approximate surface area is 211 Å². The first kappa shape index (κ1) is 24.1. The van der Waals surface area contributed by atoms with Crippen molar-refractivity contribution in [3.8, 4) is 0 Å². The van der Waals surface area contributed by atoms with Gasteiger partial charge in [-0.1, -0.05) is 48.5 Å². The average molecular weight is 505 g/mol. The normalized spacial score (nSPS) is 17.1. The van der Waals surface area contributed by atoms with Crippen LogP contribution in [-0.4, -0.2) is 62.4 Å². The van der Waals surface area contributed by atoms with Crippen LogP contribution in [-0.2, 0) is 20.2 Å². The number of hydrogen-bond acceptors (Lipinski definition) is 6. The predicted molar refractivity (Wildman–Crippen MR) is 139 cm³/mol. The molecule has 3 aromatic rings. The third-order valence-electron chi connectivity index (χ3n) is 7.10. The van der Waals surface area contributed by atoms with Crippen LogP contribution in [0.25, 0.3) is 0 Å². The first-order valence-electron chi connectivity index (χ1n) is 11.9. The standard InChI is InChI=1S/C27H28N4O4S/c1-36(34,35)31-19-27(22-9-5-6-10-23(22)31)13-15-30(16-14-27)18-25(32)29-24-12-11-21(17-28-24)26(33)20-7-3-2-4-8-20/h2-12,17H,13-16,18-19H2,1H3,(H,28,29,32). The fraction of sp³-hybridized carbons (Fsp3) is 0.296. The number of hydrogen-bond donors (Lipinski definition) is 1. The molecule has 36 heavy (non-hydrogen) atoms. The van der Waals surface area contributed by atoms with E-state index < -0.39 is 10.0 Å². The van der Waals surface area contributed by atoms with Crippen molar-refractivity contribution >= 4 is 33.2 Å². The highest BCUT2D eigenvalue weighted by atomic mass is 32.2. The van der Waals surface area contributed by atoms with Crippen molar-refractivity contribution in [2.45, 2.75) is 18.3 Å². The summed E-state index contributed by atoms with van der Waals surface area (Å²) in [5.41, 5.74) is 2.67.